The minimum absolute atomic E-state index is 0.0445. The number of hydrogen-bond acceptors (Lipinski definition) is 1. The lowest BCUT2D eigenvalue weighted by Gasteiger charge is -2.04. The van der Waals surface area contributed by atoms with E-state index in [-0.39, 0.29) is 5.91 Å². The van der Waals surface area contributed by atoms with E-state index in [1.165, 1.54) is 17.3 Å². The molecule has 0 heterocycles. The summed E-state index contributed by atoms with van der Waals surface area (Å²) in [6.45, 7) is 0.738. The van der Waals surface area contributed by atoms with Crippen molar-refractivity contribution in [2.24, 2.45) is 0 Å². The molecule has 0 atom stereocenters. The number of unbranched alkanes of at least 4 members (excludes halogenated alkanes) is 2. The van der Waals surface area contributed by atoms with E-state index in [9.17, 15) is 4.79 Å². The van der Waals surface area contributed by atoms with Crippen LogP contribution in [0.4, 0.5) is 0 Å². The molecule has 88 valence electrons. The Kier molecular flexibility index (Phi) is 6.80. The summed E-state index contributed by atoms with van der Waals surface area (Å²) in [5.41, 5.74) is 0.626. The van der Waals surface area contributed by atoms with Gasteiger partial charge in [0, 0.05) is 17.1 Å². The second-order valence-corrected chi connectivity index (χ2v) is 5.03. The molecule has 1 amide bonds. The Bertz CT molecular complexity index is 344. The predicted octanol–water partition coefficient (Wildman–Crippen LogP) is 3.68. The number of amides is 1. The molecule has 0 aromatic heterocycles. The van der Waals surface area contributed by atoms with E-state index in [4.69, 9.17) is 11.6 Å². The van der Waals surface area contributed by atoms with Gasteiger partial charge in [-0.25, -0.2) is 0 Å². The van der Waals surface area contributed by atoms with Gasteiger partial charge in [0.25, 0.3) is 5.91 Å². The Morgan fingerprint density at radius 3 is 2.81 bits per heavy atom. The van der Waals surface area contributed by atoms with Crippen LogP contribution in [0.15, 0.2) is 24.3 Å². The molecule has 2 nitrogen and oxygen atoms in total. The molecular weight excluding hydrogens is 336 g/mol. The van der Waals surface area contributed by atoms with Crippen LogP contribution in [0, 0.1) is 0 Å². The number of carbonyl (C=O) groups is 1. The number of carbonyl (C=O) groups excluding carboxylic acids is 1. The quantitative estimate of drug-likeness (QED) is 0.473. The smallest absolute Gasteiger partial charge is 0.251 e. The summed E-state index contributed by atoms with van der Waals surface area (Å²) in [5, 5.41) is 3.48. The van der Waals surface area contributed by atoms with Gasteiger partial charge in [-0.05, 0) is 35.5 Å². The lowest BCUT2D eigenvalue weighted by molar-refractivity contribution is 0.0953. The fourth-order valence-corrected chi connectivity index (χ4v) is 2.06. The van der Waals surface area contributed by atoms with Crippen LogP contribution < -0.4 is 5.32 Å². The van der Waals surface area contributed by atoms with Crippen molar-refractivity contribution >= 4 is 40.1 Å². The average molecular weight is 352 g/mol. The van der Waals surface area contributed by atoms with Crippen molar-refractivity contribution in [1.29, 1.82) is 0 Å². The Labute approximate surface area is 115 Å². The SMILES string of the molecule is O=C(NCCCCCI)c1cccc(Cl)c1. The van der Waals surface area contributed by atoms with Crippen LogP contribution in [0.2, 0.25) is 5.02 Å². The summed E-state index contributed by atoms with van der Waals surface area (Å²) in [4.78, 5) is 11.7. The fraction of sp³-hybridized carbons (Fsp3) is 0.417. The zero-order chi connectivity index (χ0) is 11.8. The largest absolute Gasteiger partial charge is 0.352 e. The molecule has 0 spiro atoms. The van der Waals surface area contributed by atoms with E-state index in [0.29, 0.717) is 10.6 Å². The normalized spacial score (nSPS) is 10.1. The maximum absolute atomic E-state index is 11.7. The van der Waals surface area contributed by atoms with Gasteiger partial charge in [0.15, 0.2) is 0 Å². The van der Waals surface area contributed by atoms with Gasteiger partial charge in [0.2, 0.25) is 0 Å². The number of halogens is 2. The average Bonchev–Trinajstić information content (AvgIpc) is 2.28. The Balaban J connectivity index is 2.30. The molecule has 0 fully saturated rings. The lowest BCUT2D eigenvalue weighted by atomic mass is 10.2. The van der Waals surface area contributed by atoms with Crippen molar-refractivity contribution < 1.29 is 4.79 Å². The Morgan fingerprint density at radius 1 is 1.31 bits per heavy atom. The standard InChI is InChI=1S/C12H15ClINO/c13-11-6-4-5-10(9-11)12(16)15-8-3-1-2-7-14/h4-6,9H,1-3,7-8H2,(H,15,16). The predicted molar refractivity (Wildman–Crippen MR) is 76.5 cm³/mol. The zero-order valence-electron chi connectivity index (χ0n) is 9.01. The van der Waals surface area contributed by atoms with E-state index in [2.05, 4.69) is 27.9 Å². The molecule has 1 rings (SSSR count). The minimum Gasteiger partial charge on any atom is -0.352 e. The van der Waals surface area contributed by atoms with Crippen molar-refractivity contribution in [3.05, 3.63) is 34.9 Å². The summed E-state index contributed by atoms with van der Waals surface area (Å²) in [7, 11) is 0. The van der Waals surface area contributed by atoms with E-state index in [0.717, 1.165) is 13.0 Å². The minimum atomic E-state index is -0.0445. The van der Waals surface area contributed by atoms with Crippen molar-refractivity contribution in [2.75, 3.05) is 11.0 Å². The van der Waals surface area contributed by atoms with Crippen molar-refractivity contribution in [3.8, 4) is 0 Å². The highest BCUT2D eigenvalue weighted by Gasteiger charge is 2.04. The van der Waals surface area contributed by atoms with E-state index < -0.39 is 0 Å². The van der Waals surface area contributed by atoms with E-state index >= 15 is 0 Å². The van der Waals surface area contributed by atoms with Crippen LogP contribution in [0.5, 0.6) is 0 Å². The van der Waals surface area contributed by atoms with Gasteiger partial charge in [-0.15, -0.1) is 0 Å². The van der Waals surface area contributed by atoms with E-state index in [1.807, 2.05) is 0 Å². The van der Waals surface area contributed by atoms with Gasteiger partial charge in [-0.2, -0.15) is 0 Å². The zero-order valence-corrected chi connectivity index (χ0v) is 11.9. The van der Waals surface area contributed by atoms with Crippen molar-refractivity contribution in [2.45, 2.75) is 19.3 Å². The van der Waals surface area contributed by atoms with Crippen LogP contribution in [0.25, 0.3) is 0 Å². The van der Waals surface area contributed by atoms with Crippen LogP contribution in [0.1, 0.15) is 29.6 Å². The molecule has 0 bridgehead atoms. The molecule has 1 N–H and O–H groups in total. The first-order valence-corrected chi connectivity index (χ1v) is 7.24. The first-order chi connectivity index (χ1) is 7.74. The van der Waals surface area contributed by atoms with Gasteiger partial charge in [0.05, 0.1) is 0 Å². The third-order valence-corrected chi connectivity index (χ3v) is 3.18. The highest BCUT2D eigenvalue weighted by Crippen LogP contribution is 2.10. The molecule has 0 saturated carbocycles. The summed E-state index contributed by atoms with van der Waals surface area (Å²) in [6.07, 6.45) is 3.42. The number of rotatable bonds is 6. The van der Waals surface area contributed by atoms with Gasteiger partial charge >= 0.3 is 0 Å². The van der Waals surface area contributed by atoms with Gasteiger partial charge in [0.1, 0.15) is 0 Å². The summed E-state index contributed by atoms with van der Waals surface area (Å²) < 4.78 is 1.18. The highest BCUT2D eigenvalue weighted by molar-refractivity contribution is 14.1. The number of benzene rings is 1. The molecule has 0 saturated heterocycles. The second-order valence-electron chi connectivity index (χ2n) is 3.52. The third kappa shape index (κ3) is 5.16. The summed E-state index contributed by atoms with van der Waals surface area (Å²) >= 11 is 8.17. The van der Waals surface area contributed by atoms with Crippen LogP contribution in [-0.4, -0.2) is 16.9 Å². The summed E-state index contributed by atoms with van der Waals surface area (Å²) in [5.74, 6) is -0.0445. The Hall–Kier alpha value is -0.290. The third-order valence-electron chi connectivity index (χ3n) is 2.18. The maximum Gasteiger partial charge on any atom is 0.251 e. The molecule has 1 aromatic rings. The monoisotopic (exact) mass is 351 g/mol. The number of hydrogen-bond donors (Lipinski definition) is 1. The topological polar surface area (TPSA) is 29.1 Å². The Morgan fingerprint density at radius 2 is 2.12 bits per heavy atom. The first-order valence-electron chi connectivity index (χ1n) is 5.34. The maximum atomic E-state index is 11.7. The molecule has 1 aromatic carbocycles. The highest BCUT2D eigenvalue weighted by atomic mass is 127. The van der Waals surface area contributed by atoms with Crippen LogP contribution in [-0.2, 0) is 0 Å². The second kappa shape index (κ2) is 7.90. The fourth-order valence-electron chi connectivity index (χ4n) is 1.33. The van der Waals surface area contributed by atoms with Gasteiger partial charge < -0.3 is 5.32 Å². The van der Waals surface area contributed by atoms with Gasteiger partial charge in [-0.1, -0.05) is 46.7 Å². The molecule has 0 aliphatic carbocycles. The molecule has 0 radical (unpaired) electrons. The van der Waals surface area contributed by atoms with Crippen LogP contribution >= 0.6 is 34.2 Å². The molecule has 0 aliphatic heterocycles. The van der Waals surface area contributed by atoms with Crippen molar-refractivity contribution in [3.63, 3.8) is 0 Å². The first kappa shape index (κ1) is 13.8. The molecule has 16 heavy (non-hydrogen) atoms. The van der Waals surface area contributed by atoms with Gasteiger partial charge in [-0.3, -0.25) is 4.79 Å². The van der Waals surface area contributed by atoms with Crippen LogP contribution in [0.3, 0.4) is 0 Å². The molecule has 4 heteroatoms. The van der Waals surface area contributed by atoms with Crippen molar-refractivity contribution in [1.82, 2.24) is 5.32 Å². The molecule has 0 unspecified atom stereocenters. The number of nitrogens with one attached hydrogen (secondary N) is 1. The number of alkyl halides is 1. The molecular formula is C12H15ClINO. The van der Waals surface area contributed by atoms with E-state index in [1.54, 1.807) is 24.3 Å². The molecule has 0 aliphatic rings. The lowest BCUT2D eigenvalue weighted by Crippen LogP contribution is -2.24. The summed E-state index contributed by atoms with van der Waals surface area (Å²) in [6, 6.07) is 7.00.